The molecule has 0 radical (unpaired) electrons. The molecule has 1 fully saturated rings. The number of rotatable bonds is 3. The van der Waals surface area contributed by atoms with Gasteiger partial charge in [-0.15, -0.1) is 0 Å². The lowest BCUT2D eigenvalue weighted by atomic mass is 10.1. The van der Waals surface area contributed by atoms with E-state index in [0.717, 1.165) is 6.92 Å². The van der Waals surface area contributed by atoms with Crippen molar-refractivity contribution in [3.05, 3.63) is 0 Å². The predicted octanol–water partition coefficient (Wildman–Crippen LogP) is -1.44. The average molecular weight is 234 g/mol. The summed E-state index contributed by atoms with van der Waals surface area (Å²) in [4.78, 5) is 21.2. The van der Waals surface area contributed by atoms with E-state index in [1.54, 1.807) is 0 Å². The standard InChI is InChI=1S/C9H14O7/c1-4(10)14-3-6-7(12)8(9(13)16-6)15-5(2)11/h6-9,12-13H,3H2,1-2H3/t6-,7-,8-,9?/m1/s1. The number of aliphatic hydroxyl groups excluding tert-OH is 2. The molecule has 7 nitrogen and oxygen atoms in total. The lowest BCUT2D eigenvalue weighted by molar-refractivity contribution is -0.172. The van der Waals surface area contributed by atoms with Crippen LogP contribution in [-0.2, 0) is 23.8 Å². The van der Waals surface area contributed by atoms with Crippen molar-refractivity contribution in [2.75, 3.05) is 6.61 Å². The SMILES string of the molecule is CC(=O)OC[C@H]1OC(O)[C@H](OC(C)=O)[C@@H]1O. The van der Waals surface area contributed by atoms with Gasteiger partial charge in [0.25, 0.3) is 0 Å². The first kappa shape index (κ1) is 12.9. The lowest BCUT2D eigenvalue weighted by Crippen LogP contribution is -2.37. The predicted molar refractivity (Wildman–Crippen MR) is 49.1 cm³/mol. The molecule has 1 heterocycles. The Hall–Kier alpha value is -1.18. The van der Waals surface area contributed by atoms with E-state index < -0.39 is 36.5 Å². The summed E-state index contributed by atoms with van der Waals surface area (Å²) in [6.07, 6.45) is -4.70. The molecule has 0 saturated carbocycles. The van der Waals surface area contributed by atoms with Gasteiger partial charge in [-0.1, -0.05) is 0 Å². The maximum absolute atomic E-state index is 10.7. The van der Waals surface area contributed by atoms with Gasteiger partial charge in [0.1, 0.15) is 18.8 Å². The molecule has 4 atom stereocenters. The molecule has 1 unspecified atom stereocenters. The zero-order valence-corrected chi connectivity index (χ0v) is 8.95. The molecular formula is C9H14O7. The summed E-state index contributed by atoms with van der Waals surface area (Å²) in [5.74, 6) is -1.17. The van der Waals surface area contributed by atoms with Crippen molar-refractivity contribution in [2.24, 2.45) is 0 Å². The van der Waals surface area contributed by atoms with Gasteiger partial charge in [0.2, 0.25) is 0 Å². The van der Waals surface area contributed by atoms with Crippen LogP contribution in [0.15, 0.2) is 0 Å². The van der Waals surface area contributed by atoms with Crippen LogP contribution in [0.3, 0.4) is 0 Å². The van der Waals surface area contributed by atoms with E-state index in [1.165, 1.54) is 6.92 Å². The molecule has 2 N–H and O–H groups in total. The van der Waals surface area contributed by atoms with Crippen LogP contribution in [0.5, 0.6) is 0 Å². The molecule has 0 spiro atoms. The smallest absolute Gasteiger partial charge is 0.303 e. The first-order chi connectivity index (χ1) is 7.41. The molecule has 0 aromatic carbocycles. The molecule has 92 valence electrons. The number of aliphatic hydroxyl groups is 2. The Morgan fingerprint density at radius 1 is 1.25 bits per heavy atom. The number of carbonyl (C=O) groups excluding carboxylic acids is 2. The van der Waals surface area contributed by atoms with Crippen molar-refractivity contribution in [3.63, 3.8) is 0 Å². The second kappa shape index (κ2) is 5.24. The van der Waals surface area contributed by atoms with Crippen LogP contribution in [0.1, 0.15) is 13.8 Å². The van der Waals surface area contributed by atoms with E-state index in [2.05, 4.69) is 9.47 Å². The fourth-order valence-corrected chi connectivity index (χ4v) is 1.37. The van der Waals surface area contributed by atoms with E-state index in [-0.39, 0.29) is 6.61 Å². The van der Waals surface area contributed by atoms with Gasteiger partial charge in [-0.05, 0) is 0 Å². The Bertz CT molecular complexity index is 277. The molecule has 1 saturated heterocycles. The topological polar surface area (TPSA) is 102 Å². The largest absolute Gasteiger partial charge is 0.463 e. The maximum atomic E-state index is 10.7. The van der Waals surface area contributed by atoms with Crippen LogP contribution in [-0.4, -0.2) is 53.4 Å². The maximum Gasteiger partial charge on any atom is 0.303 e. The zero-order valence-electron chi connectivity index (χ0n) is 8.95. The third-order valence-corrected chi connectivity index (χ3v) is 2.07. The summed E-state index contributed by atoms with van der Waals surface area (Å²) in [5, 5.41) is 19.0. The number of ether oxygens (including phenoxy) is 3. The minimum Gasteiger partial charge on any atom is -0.463 e. The Morgan fingerprint density at radius 2 is 1.88 bits per heavy atom. The minimum absolute atomic E-state index is 0.203. The van der Waals surface area contributed by atoms with Gasteiger partial charge in [0, 0.05) is 13.8 Å². The molecule has 16 heavy (non-hydrogen) atoms. The molecule has 7 heteroatoms. The van der Waals surface area contributed by atoms with E-state index in [1.807, 2.05) is 0 Å². The zero-order chi connectivity index (χ0) is 12.3. The van der Waals surface area contributed by atoms with Crippen LogP contribution in [0, 0.1) is 0 Å². The molecule has 0 aliphatic carbocycles. The van der Waals surface area contributed by atoms with E-state index in [4.69, 9.17) is 4.74 Å². The average Bonchev–Trinajstić information content (AvgIpc) is 2.42. The molecule has 0 amide bonds. The van der Waals surface area contributed by atoms with Gasteiger partial charge in [0.05, 0.1) is 0 Å². The van der Waals surface area contributed by atoms with Gasteiger partial charge in [-0.25, -0.2) is 0 Å². The number of hydrogen-bond acceptors (Lipinski definition) is 7. The second-order valence-corrected chi connectivity index (χ2v) is 3.43. The highest BCUT2D eigenvalue weighted by molar-refractivity contribution is 5.66. The molecule has 0 aromatic heterocycles. The fraction of sp³-hybridized carbons (Fsp3) is 0.778. The van der Waals surface area contributed by atoms with Crippen LogP contribution < -0.4 is 0 Å². The van der Waals surface area contributed by atoms with Crippen molar-refractivity contribution in [2.45, 2.75) is 38.4 Å². The monoisotopic (exact) mass is 234 g/mol. The highest BCUT2D eigenvalue weighted by atomic mass is 16.7. The summed E-state index contributed by atoms with van der Waals surface area (Å²) in [7, 11) is 0. The molecular weight excluding hydrogens is 220 g/mol. The molecule has 0 aromatic rings. The van der Waals surface area contributed by atoms with Crippen molar-refractivity contribution in [1.29, 1.82) is 0 Å². The Labute approximate surface area is 91.9 Å². The highest BCUT2D eigenvalue weighted by Crippen LogP contribution is 2.22. The molecule has 1 rings (SSSR count). The normalized spacial score (nSPS) is 33.5. The third kappa shape index (κ3) is 3.16. The van der Waals surface area contributed by atoms with Crippen molar-refractivity contribution in [1.82, 2.24) is 0 Å². The number of hydrogen-bond donors (Lipinski definition) is 2. The first-order valence-electron chi connectivity index (χ1n) is 4.74. The van der Waals surface area contributed by atoms with Crippen LogP contribution in [0.2, 0.25) is 0 Å². The quantitative estimate of drug-likeness (QED) is 0.576. The van der Waals surface area contributed by atoms with Gasteiger partial charge in [0.15, 0.2) is 12.4 Å². The van der Waals surface area contributed by atoms with E-state index in [9.17, 15) is 19.8 Å². The summed E-state index contributed by atoms with van der Waals surface area (Å²) in [6, 6.07) is 0. The Morgan fingerprint density at radius 3 is 2.38 bits per heavy atom. The van der Waals surface area contributed by atoms with Crippen LogP contribution >= 0.6 is 0 Å². The minimum atomic E-state index is -1.42. The molecule has 1 aliphatic rings. The van der Waals surface area contributed by atoms with Gasteiger partial charge in [-0.3, -0.25) is 9.59 Å². The van der Waals surface area contributed by atoms with Gasteiger partial charge >= 0.3 is 11.9 Å². The van der Waals surface area contributed by atoms with Crippen LogP contribution in [0.25, 0.3) is 0 Å². The highest BCUT2D eigenvalue weighted by Gasteiger charge is 2.45. The lowest BCUT2D eigenvalue weighted by Gasteiger charge is -2.16. The number of carbonyl (C=O) groups is 2. The van der Waals surface area contributed by atoms with Gasteiger partial charge < -0.3 is 24.4 Å². The first-order valence-corrected chi connectivity index (χ1v) is 4.74. The van der Waals surface area contributed by atoms with Crippen molar-refractivity contribution >= 4 is 11.9 Å². The summed E-state index contributed by atoms with van der Waals surface area (Å²) in [5.41, 5.74) is 0. The summed E-state index contributed by atoms with van der Waals surface area (Å²) < 4.78 is 14.2. The fourth-order valence-electron chi connectivity index (χ4n) is 1.37. The second-order valence-electron chi connectivity index (χ2n) is 3.43. The van der Waals surface area contributed by atoms with Crippen LogP contribution in [0.4, 0.5) is 0 Å². The van der Waals surface area contributed by atoms with E-state index >= 15 is 0 Å². The van der Waals surface area contributed by atoms with Gasteiger partial charge in [-0.2, -0.15) is 0 Å². The molecule has 0 bridgehead atoms. The third-order valence-electron chi connectivity index (χ3n) is 2.07. The number of esters is 2. The van der Waals surface area contributed by atoms with Crippen molar-refractivity contribution in [3.8, 4) is 0 Å². The summed E-state index contributed by atoms with van der Waals surface area (Å²) >= 11 is 0. The molecule has 1 aliphatic heterocycles. The van der Waals surface area contributed by atoms with Crippen molar-refractivity contribution < 1.29 is 34.0 Å². The summed E-state index contributed by atoms with van der Waals surface area (Å²) in [6.45, 7) is 2.16. The Kier molecular flexibility index (Phi) is 4.22. The Balaban J connectivity index is 2.52. The van der Waals surface area contributed by atoms with E-state index in [0.29, 0.717) is 0 Å².